The van der Waals surface area contributed by atoms with Crippen LogP contribution in [0.5, 0.6) is 17.2 Å². The Hall–Kier alpha value is -2.74. The van der Waals surface area contributed by atoms with Gasteiger partial charge in [0.2, 0.25) is 0 Å². The molecule has 146 valence electrons. The summed E-state index contributed by atoms with van der Waals surface area (Å²) < 4.78 is 41.2. The number of rotatable bonds is 9. The van der Waals surface area contributed by atoms with Gasteiger partial charge in [-0.25, -0.2) is 0 Å². The van der Waals surface area contributed by atoms with Gasteiger partial charge in [-0.2, -0.15) is 18.4 Å². The molecule has 0 amide bonds. The average Bonchev–Trinajstić information content (AvgIpc) is 2.64. The maximum atomic E-state index is 12.5. The molecule has 27 heavy (non-hydrogen) atoms. The molecule has 8 heteroatoms. The number of hydrogen-bond donors (Lipinski definition) is 1. The fraction of sp³-hybridized carbons (Fsp3) is 0.316. The fourth-order valence-electron chi connectivity index (χ4n) is 2.36. The lowest BCUT2D eigenvalue weighted by Crippen LogP contribution is -2.19. The largest absolute Gasteiger partial charge is 0.495 e. The highest BCUT2D eigenvalue weighted by molar-refractivity contribution is 7.89. The summed E-state index contributed by atoms with van der Waals surface area (Å²) in [6.45, 7) is 6.57. The summed E-state index contributed by atoms with van der Waals surface area (Å²) in [7, 11) is -2.44. The van der Waals surface area contributed by atoms with Crippen molar-refractivity contribution in [1.29, 1.82) is 0 Å². The number of sulfonamides is 1. The number of nitrogens with zero attached hydrogens (tertiary/aromatic N) is 1. The van der Waals surface area contributed by atoms with Gasteiger partial charge in [-0.05, 0) is 62.2 Å². The van der Waals surface area contributed by atoms with Crippen LogP contribution in [0.1, 0.15) is 25.0 Å². The first-order valence-corrected chi connectivity index (χ1v) is 9.98. The molecule has 0 saturated heterocycles. The molecule has 0 aliphatic rings. The third kappa shape index (κ3) is 5.37. The van der Waals surface area contributed by atoms with Gasteiger partial charge < -0.3 is 14.2 Å². The highest BCUT2D eigenvalue weighted by atomic mass is 32.2. The molecule has 0 fully saturated rings. The summed E-state index contributed by atoms with van der Waals surface area (Å²) in [4.78, 5) is 2.24. The molecule has 1 N–H and O–H groups in total. The molecule has 7 nitrogen and oxygen atoms in total. The summed E-state index contributed by atoms with van der Waals surface area (Å²) in [6, 6.07) is 10.2. The van der Waals surface area contributed by atoms with Crippen LogP contribution in [0.25, 0.3) is 0 Å². The van der Waals surface area contributed by atoms with E-state index in [-0.39, 0.29) is 10.6 Å². The van der Waals surface area contributed by atoms with Crippen molar-refractivity contribution in [1.82, 2.24) is 4.83 Å². The monoisotopic (exact) mass is 392 g/mol. The number of ether oxygens (including phenoxy) is 3. The molecule has 2 aromatic carbocycles. The van der Waals surface area contributed by atoms with Gasteiger partial charge in [0.1, 0.15) is 10.6 Å². The Morgan fingerprint density at radius 1 is 1.00 bits per heavy atom. The maximum Gasteiger partial charge on any atom is 0.280 e. The highest BCUT2D eigenvalue weighted by Gasteiger charge is 2.18. The molecule has 0 unspecified atom stereocenters. The van der Waals surface area contributed by atoms with Gasteiger partial charge >= 0.3 is 0 Å². The molecule has 0 aliphatic carbocycles. The van der Waals surface area contributed by atoms with Crippen molar-refractivity contribution in [3.05, 3.63) is 47.5 Å². The fourth-order valence-corrected chi connectivity index (χ4v) is 3.41. The Labute approximate surface area is 160 Å². The third-order valence-corrected chi connectivity index (χ3v) is 4.81. The summed E-state index contributed by atoms with van der Waals surface area (Å²) in [5.41, 5.74) is 1.47. The summed E-state index contributed by atoms with van der Waals surface area (Å²) >= 11 is 0. The molecular formula is C19H24N2O5S. The average molecular weight is 392 g/mol. The zero-order chi connectivity index (χ0) is 19.9. The Balaban J connectivity index is 2.21. The minimum absolute atomic E-state index is 0.0313. The zero-order valence-corrected chi connectivity index (χ0v) is 16.7. The molecule has 0 spiro atoms. The second kappa shape index (κ2) is 9.27. The van der Waals surface area contributed by atoms with Crippen LogP contribution in [0.15, 0.2) is 46.4 Å². The number of hydrogen-bond acceptors (Lipinski definition) is 6. The predicted molar refractivity (Wildman–Crippen MR) is 104 cm³/mol. The number of methoxy groups -OCH3 is 1. The minimum Gasteiger partial charge on any atom is -0.495 e. The Bertz CT molecular complexity index is 910. The lowest BCUT2D eigenvalue weighted by atomic mass is 10.2. The van der Waals surface area contributed by atoms with Crippen LogP contribution in [-0.2, 0) is 10.0 Å². The highest BCUT2D eigenvalue weighted by Crippen LogP contribution is 2.28. The number of benzene rings is 2. The van der Waals surface area contributed by atoms with Crippen molar-refractivity contribution < 1.29 is 22.6 Å². The minimum atomic E-state index is -3.86. The second-order valence-electron chi connectivity index (χ2n) is 5.58. The molecule has 0 aliphatic heterocycles. The van der Waals surface area contributed by atoms with Crippen LogP contribution in [0.4, 0.5) is 0 Å². The molecule has 0 radical (unpaired) electrons. The van der Waals surface area contributed by atoms with Crippen LogP contribution < -0.4 is 19.0 Å². The SMILES string of the molecule is CCOc1ccc(/C=N/NS(=O)(=O)c2cc(C)ccc2OC)cc1OCC. The van der Waals surface area contributed by atoms with Crippen molar-refractivity contribution in [3.8, 4) is 17.2 Å². The van der Waals surface area contributed by atoms with E-state index >= 15 is 0 Å². The van der Waals surface area contributed by atoms with Crippen molar-refractivity contribution in [3.63, 3.8) is 0 Å². The van der Waals surface area contributed by atoms with Crippen LogP contribution in [0.3, 0.4) is 0 Å². The van der Waals surface area contributed by atoms with Crippen molar-refractivity contribution in [2.45, 2.75) is 25.7 Å². The van der Waals surface area contributed by atoms with E-state index < -0.39 is 10.0 Å². The van der Waals surface area contributed by atoms with Gasteiger partial charge in [0.25, 0.3) is 10.0 Å². The lowest BCUT2D eigenvalue weighted by molar-refractivity contribution is 0.288. The number of hydrazone groups is 1. The van der Waals surface area contributed by atoms with Crippen molar-refractivity contribution in [2.75, 3.05) is 20.3 Å². The van der Waals surface area contributed by atoms with E-state index in [4.69, 9.17) is 14.2 Å². The van der Waals surface area contributed by atoms with E-state index in [0.29, 0.717) is 30.3 Å². The summed E-state index contributed by atoms with van der Waals surface area (Å²) in [5.74, 6) is 1.45. The summed E-state index contributed by atoms with van der Waals surface area (Å²) in [5, 5.41) is 3.86. The standard InChI is InChI=1S/C19H24N2O5S/c1-5-25-16-10-8-15(12-18(16)26-6-2)13-20-21-27(22,23)19-11-14(3)7-9-17(19)24-4/h7-13,21H,5-6H2,1-4H3/b20-13+. The van der Waals surface area contributed by atoms with Gasteiger partial charge in [-0.15, -0.1) is 0 Å². The first-order valence-electron chi connectivity index (χ1n) is 8.50. The molecule has 0 atom stereocenters. The smallest absolute Gasteiger partial charge is 0.280 e. The van der Waals surface area contributed by atoms with E-state index in [1.807, 2.05) is 13.8 Å². The van der Waals surface area contributed by atoms with E-state index in [1.165, 1.54) is 19.4 Å². The number of nitrogens with one attached hydrogen (secondary N) is 1. The summed E-state index contributed by atoms with van der Waals surface area (Å²) in [6.07, 6.45) is 1.40. The van der Waals surface area contributed by atoms with E-state index in [1.54, 1.807) is 37.3 Å². The third-order valence-electron chi connectivity index (χ3n) is 3.56. The second-order valence-corrected chi connectivity index (χ2v) is 7.21. The van der Waals surface area contributed by atoms with Gasteiger partial charge in [-0.3, -0.25) is 0 Å². The lowest BCUT2D eigenvalue weighted by Gasteiger charge is -2.11. The van der Waals surface area contributed by atoms with Gasteiger partial charge in [0, 0.05) is 0 Å². The van der Waals surface area contributed by atoms with Crippen LogP contribution in [0.2, 0.25) is 0 Å². The Kier molecular flexibility index (Phi) is 7.06. The van der Waals surface area contributed by atoms with Crippen LogP contribution in [-0.4, -0.2) is 35.0 Å². The van der Waals surface area contributed by atoms with Crippen molar-refractivity contribution in [2.24, 2.45) is 5.10 Å². The topological polar surface area (TPSA) is 86.2 Å². The molecule has 0 aromatic heterocycles. The molecule has 0 bridgehead atoms. The first-order chi connectivity index (χ1) is 12.9. The quantitative estimate of drug-likeness (QED) is 0.523. The molecule has 2 aromatic rings. The van der Waals surface area contributed by atoms with Gasteiger partial charge in [0.15, 0.2) is 11.5 Å². The molecular weight excluding hydrogens is 368 g/mol. The number of aryl methyl sites for hydroxylation is 1. The van der Waals surface area contributed by atoms with Gasteiger partial charge in [0.05, 0.1) is 26.5 Å². The molecule has 2 rings (SSSR count). The Morgan fingerprint density at radius 2 is 1.67 bits per heavy atom. The van der Waals surface area contributed by atoms with E-state index in [0.717, 1.165) is 5.56 Å². The van der Waals surface area contributed by atoms with E-state index in [9.17, 15) is 8.42 Å². The zero-order valence-electron chi connectivity index (χ0n) is 15.9. The molecule has 0 saturated carbocycles. The van der Waals surface area contributed by atoms with Crippen molar-refractivity contribution >= 4 is 16.2 Å². The van der Waals surface area contributed by atoms with E-state index in [2.05, 4.69) is 9.93 Å². The van der Waals surface area contributed by atoms with Gasteiger partial charge in [-0.1, -0.05) is 6.07 Å². The normalized spacial score (nSPS) is 11.4. The van der Waals surface area contributed by atoms with Crippen LogP contribution in [0, 0.1) is 6.92 Å². The maximum absolute atomic E-state index is 12.5. The van der Waals surface area contributed by atoms with Crippen LogP contribution >= 0.6 is 0 Å². The first kappa shape index (κ1) is 20.6. The Morgan fingerprint density at radius 3 is 2.33 bits per heavy atom. The molecule has 0 heterocycles. The predicted octanol–water partition coefficient (Wildman–Crippen LogP) is 3.11.